The number of pyridine rings is 1. The molecule has 9 heteroatoms. The number of nitrogens with one attached hydrogen (secondary N) is 1. The Balaban J connectivity index is 1.58. The lowest BCUT2D eigenvalue weighted by molar-refractivity contribution is 0.655. The molecule has 0 amide bonds. The molecular weight excluding hydrogens is 366 g/mol. The van der Waals surface area contributed by atoms with Gasteiger partial charge < -0.3 is 5.32 Å². The molecule has 0 unspecified atom stereocenters. The molecule has 5 aromatic rings. The number of benzene rings is 1. The fourth-order valence-electron chi connectivity index (χ4n) is 3.33. The summed E-state index contributed by atoms with van der Waals surface area (Å²) in [5.41, 5.74) is 4.41. The van der Waals surface area contributed by atoms with Crippen molar-refractivity contribution in [3.63, 3.8) is 0 Å². The molecule has 5 rings (SSSR count). The van der Waals surface area contributed by atoms with Crippen molar-refractivity contribution in [2.24, 2.45) is 21.1 Å². The zero-order chi connectivity index (χ0) is 20.0. The largest absolute Gasteiger partial charge is 0.325 e. The number of rotatable bonds is 4. The standard InChI is InChI=1S/C20H19N9/c1-27-19(10-16(25-27)13-7-5-4-6-8-13)23-18-9-14(17-12-22-29(3)26-17)15-11-21-28(2)20(15)24-18/h4-12H,1-3H3,(H,23,24). The molecule has 0 aliphatic carbocycles. The Morgan fingerprint density at radius 2 is 1.66 bits per heavy atom. The van der Waals surface area contributed by atoms with Crippen LogP contribution in [0, 0.1) is 0 Å². The summed E-state index contributed by atoms with van der Waals surface area (Å²) in [7, 11) is 5.57. The summed E-state index contributed by atoms with van der Waals surface area (Å²) in [4.78, 5) is 6.28. The van der Waals surface area contributed by atoms with Crippen LogP contribution in [0.2, 0.25) is 0 Å². The van der Waals surface area contributed by atoms with Crippen LogP contribution in [0.15, 0.2) is 54.9 Å². The lowest BCUT2D eigenvalue weighted by atomic mass is 10.1. The van der Waals surface area contributed by atoms with Crippen molar-refractivity contribution in [3.05, 3.63) is 54.9 Å². The van der Waals surface area contributed by atoms with Crippen molar-refractivity contribution >= 4 is 22.7 Å². The van der Waals surface area contributed by atoms with E-state index >= 15 is 0 Å². The third kappa shape index (κ3) is 3.02. The van der Waals surface area contributed by atoms with E-state index in [2.05, 4.69) is 25.7 Å². The van der Waals surface area contributed by atoms with Gasteiger partial charge in [0.2, 0.25) is 0 Å². The smallest absolute Gasteiger partial charge is 0.160 e. The van der Waals surface area contributed by atoms with E-state index in [4.69, 9.17) is 4.98 Å². The van der Waals surface area contributed by atoms with Gasteiger partial charge in [-0.1, -0.05) is 30.3 Å². The summed E-state index contributed by atoms with van der Waals surface area (Å²) < 4.78 is 3.55. The summed E-state index contributed by atoms with van der Waals surface area (Å²) in [6.45, 7) is 0. The van der Waals surface area contributed by atoms with Crippen molar-refractivity contribution in [1.29, 1.82) is 0 Å². The molecule has 9 nitrogen and oxygen atoms in total. The molecule has 0 saturated carbocycles. The van der Waals surface area contributed by atoms with E-state index in [1.807, 2.05) is 56.6 Å². The van der Waals surface area contributed by atoms with Crippen LogP contribution < -0.4 is 5.32 Å². The van der Waals surface area contributed by atoms with E-state index < -0.39 is 0 Å². The van der Waals surface area contributed by atoms with Gasteiger partial charge in [0.15, 0.2) is 5.65 Å². The van der Waals surface area contributed by atoms with Crippen LogP contribution in [0.25, 0.3) is 33.5 Å². The summed E-state index contributed by atoms with van der Waals surface area (Å²) in [6, 6.07) is 14.0. The topological polar surface area (TPSA) is 91.3 Å². The summed E-state index contributed by atoms with van der Waals surface area (Å²) in [6.07, 6.45) is 3.54. The van der Waals surface area contributed by atoms with E-state index in [-0.39, 0.29) is 0 Å². The highest BCUT2D eigenvalue weighted by molar-refractivity contribution is 5.93. The Kier molecular flexibility index (Phi) is 3.87. The van der Waals surface area contributed by atoms with E-state index in [0.717, 1.165) is 39.4 Å². The first-order valence-corrected chi connectivity index (χ1v) is 9.14. The normalized spacial score (nSPS) is 11.3. The second kappa shape index (κ2) is 6.55. The first kappa shape index (κ1) is 17.1. The molecule has 29 heavy (non-hydrogen) atoms. The number of anilines is 2. The van der Waals surface area contributed by atoms with Gasteiger partial charge in [0.05, 0.1) is 18.1 Å². The molecule has 0 fully saturated rings. The Morgan fingerprint density at radius 1 is 0.828 bits per heavy atom. The second-order valence-corrected chi connectivity index (χ2v) is 6.81. The van der Waals surface area contributed by atoms with E-state index in [0.29, 0.717) is 5.82 Å². The van der Waals surface area contributed by atoms with Gasteiger partial charge in [-0.05, 0) is 6.07 Å². The zero-order valence-corrected chi connectivity index (χ0v) is 16.3. The maximum Gasteiger partial charge on any atom is 0.160 e. The first-order valence-electron chi connectivity index (χ1n) is 9.14. The minimum absolute atomic E-state index is 0.685. The van der Waals surface area contributed by atoms with Crippen molar-refractivity contribution in [2.45, 2.75) is 0 Å². The molecule has 4 heterocycles. The van der Waals surface area contributed by atoms with E-state index in [9.17, 15) is 0 Å². The number of nitrogens with zero attached hydrogens (tertiary/aromatic N) is 8. The molecule has 4 aromatic heterocycles. The third-order valence-electron chi connectivity index (χ3n) is 4.79. The van der Waals surface area contributed by atoms with Crippen LogP contribution in [0.3, 0.4) is 0 Å². The van der Waals surface area contributed by atoms with Gasteiger partial charge in [-0.3, -0.25) is 9.36 Å². The minimum Gasteiger partial charge on any atom is -0.325 e. The third-order valence-corrected chi connectivity index (χ3v) is 4.79. The molecule has 0 radical (unpaired) electrons. The molecule has 0 atom stereocenters. The number of hydrogen-bond donors (Lipinski definition) is 1. The van der Waals surface area contributed by atoms with E-state index in [1.165, 1.54) is 4.80 Å². The van der Waals surface area contributed by atoms with Crippen LogP contribution in [-0.4, -0.2) is 39.5 Å². The predicted octanol–water partition coefficient (Wildman–Crippen LogP) is 2.91. The molecule has 0 saturated heterocycles. The molecule has 0 bridgehead atoms. The first-order chi connectivity index (χ1) is 14.1. The average molecular weight is 385 g/mol. The minimum atomic E-state index is 0.685. The van der Waals surface area contributed by atoms with Crippen LogP contribution in [0.4, 0.5) is 11.6 Å². The molecule has 0 spiro atoms. The predicted molar refractivity (Wildman–Crippen MR) is 110 cm³/mol. The second-order valence-electron chi connectivity index (χ2n) is 6.81. The average Bonchev–Trinajstić information content (AvgIpc) is 3.42. The van der Waals surface area contributed by atoms with Gasteiger partial charge in [-0.15, -0.1) is 0 Å². The van der Waals surface area contributed by atoms with Crippen LogP contribution >= 0.6 is 0 Å². The Bertz CT molecular complexity index is 1310. The summed E-state index contributed by atoms with van der Waals surface area (Å²) in [5, 5.41) is 21.9. The van der Waals surface area contributed by atoms with Crippen molar-refractivity contribution in [1.82, 2.24) is 39.5 Å². The van der Waals surface area contributed by atoms with Gasteiger partial charge in [0, 0.05) is 43.7 Å². The Hall–Kier alpha value is -4.01. The lowest BCUT2D eigenvalue weighted by Gasteiger charge is -2.08. The molecule has 1 aromatic carbocycles. The van der Waals surface area contributed by atoms with Gasteiger partial charge in [-0.25, -0.2) is 4.98 Å². The van der Waals surface area contributed by atoms with Crippen LogP contribution in [0.1, 0.15) is 0 Å². The lowest BCUT2D eigenvalue weighted by Crippen LogP contribution is -2.02. The number of aryl methyl sites for hydroxylation is 3. The van der Waals surface area contributed by atoms with E-state index in [1.54, 1.807) is 28.8 Å². The Morgan fingerprint density at radius 3 is 2.41 bits per heavy atom. The summed E-state index contributed by atoms with van der Waals surface area (Å²) >= 11 is 0. The number of hydrogen-bond acceptors (Lipinski definition) is 6. The maximum atomic E-state index is 4.74. The monoisotopic (exact) mass is 385 g/mol. The fraction of sp³-hybridized carbons (Fsp3) is 0.150. The number of fused-ring (bicyclic) bond motifs is 1. The molecule has 144 valence electrons. The van der Waals surface area contributed by atoms with Crippen LogP contribution in [0.5, 0.6) is 0 Å². The van der Waals surface area contributed by atoms with Crippen molar-refractivity contribution in [2.75, 3.05) is 5.32 Å². The van der Waals surface area contributed by atoms with Crippen molar-refractivity contribution in [3.8, 4) is 22.5 Å². The molecule has 1 N–H and O–H groups in total. The SMILES string of the molecule is Cn1ncc(-c2cc(Nc3cc(-c4ccccc4)nn3C)nc3c2cnn3C)n1. The van der Waals surface area contributed by atoms with Gasteiger partial charge in [0.25, 0.3) is 0 Å². The zero-order valence-electron chi connectivity index (χ0n) is 16.3. The highest BCUT2D eigenvalue weighted by Crippen LogP contribution is 2.30. The highest BCUT2D eigenvalue weighted by Gasteiger charge is 2.15. The molecule has 0 aliphatic heterocycles. The molecule has 0 aliphatic rings. The van der Waals surface area contributed by atoms with Gasteiger partial charge in [0.1, 0.15) is 17.3 Å². The van der Waals surface area contributed by atoms with Crippen LogP contribution in [-0.2, 0) is 21.1 Å². The summed E-state index contributed by atoms with van der Waals surface area (Å²) in [5.74, 6) is 1.52. The highest BCUT2D eigenvalue weighted by atomic mass is 15.4. The fourth-order valence-corrected chi connectivity index (χ4v) is 3.33. The quantitative estimate of drug-likeness (QED) is 0.511. The molecular formula is C20H19N9. The van der Waals surface area contributed by atoms with Gasteiger partial charge >= 0.3 is 0 Å². The Labute approximate surface area is 166 Å². The number of aromatic nitrogens is 8. The van der Waals surface area contributed by atoms with Crippen molar-refractivity contribution < 1.29 is 0 Å². The van der Waals surface area contributed by atoms with Gasteiger partial charge in [-0.2, -0.15) is 25.2 Å². The maximum absolute atomic E-state index is 4.74.